The predicted octanol–water partition coefficient (Wildman–Crippen LogP) is 5.48. The van der Waals surface area contributed by atoms with Crippen molar-refractivity contribution in [1.82, 2.24) is 5.32 Å². The van der Waals surface area contributed by atoms with E-state index in [-0.39, 0.29) is 5.41 Å². The van der Waals surface area contributed by atoms with Gasteiger partial charge in [0.05, 0.1) is 0 Å². The van der Waals surface area contributed by atoms with E-state index < -0.39 is 0 Å². The van der Waals surface area contributed by atoms with Crippen molar-refractivity contribution in [3.63, 3.8) is 0 Å². The molecule has 0 spiro atoms. The fourth-order valence-corrected chi connectivity index (χ4v) is 2.47. The van der Waals surface area contributed by atoms with Gasteiger partial charge in [0.1, 0.15) is 0 Å². The highest BCUT2D eigenvalue weighted by Crippen LogP contribution is 2.27. The number of benzene rings is 1. The third-order valence-electron chi connectivity index (χ3n) is 3.55. The fourth-order valence-electron chi connectivity index (χ4n) is 2.34. The first kappa shape index (κ1) is 18.8. The van der Waals surface area contributed by atoms with E-state index in [4.69, 9.17) is 11.6 Å². The van der Waals surface area contributed by atoms with Crippen LogP contribution in [0.15, 0.2) is 48.2 Å². The standard InChI is InChI=1S/C19H29ClN2/c1-14(12-16(13-21-6)19(3,4)5)11-15(2)22-18-9-7-17(20)8-10-18/h7-10,12,14,21-22H,2,11,13H2,1,3-6H3/b16-12+. The highest BCUT2D eigenvalue weighted by atomic mass is 35.5. The maximum atomic E-state index is 5.90. The number of nitrogens with one attached hydrogen (secondary N) is 2. The molecule has 0 amide bonds. The molecule has 0 aliphatic heterocycles. The molecule has 0 aliphatic rings. The summed E-state index contributed by atoms with van der Waals surface area (Å²) in [6.45, 7) is 14.1. The van der Waals surface area contributed by atoms with Crippen LogP contribution < -0.4 is 10.6 Å². The molecular formula is C19H29ClN2. The molecule has 1 unspecified atom stereocenters. The Balaban J connectivity index is 2.64. The molecule has 0 fully saturated rings. The van der Waals surface area contributed by atoms with E-state index in [9.17, 15) is 0 Å². The van der Waals surface area contributed by atoms with Gasteiger partial charge in [-0.2, -0.15) is 0 Å². The van der Waals surface area contributed by atoms with E-state index in [1.807, 2.05) is 31.3 Å². The Morgan fingerprint density at radius 3 is 2.36 bits per heavy atom. The molecule has 3 heteroatoms. The van der Waals surface area contributed by atoms with Gasteiger partial charge in [-0.15, -0.1) is 0 Å². The molecule has 0 aromatic heterocycles. The summed E-state index contributed by atoms with van der Waals surface area (Å²) in [6.07, 6.45) is 3.27. The third kappa shape index (κ3) is 6.67. The minimum atomic E-state index is 0.183. The molecule has 0 bridgehead atoms. The monoisotopic (exact) mass is 320 g/mol. The van der Waals surface area contributed by atoms with Crippen LogP contribution in [-0.2, 0) is 0 Å². The molecule has 0 aliphatic carbocycles. The van der Waals surface area contributed by atoms with Gasteiger partial charge < -0.3 is 10.6 Å². The summed E-state index contributed by atoms with van der Waals surface area (Å²) in [5.74, 6) is 0.440. The summed E-state index contributed by atoms with van der Waals surface area (Å²) in [5.41, 5.74) is 3.66. The molecule has 0 saturated carbocycles. The summed E-state index contributed by atoms with van der Waals surface area (Å²) in [6, 6.07) is 7.70. The molecule has 22 heavy (non-hydrogen) atoms. The van der Waals surface area contributed by atoms with Crippen LogP contribution in [0.1, 0.15) is 34.1 Å². The number of allylic oxidation sites excluding steroid dienone is 2. The number of anilines is 1. The van der Waals surface area contributed by atoms with Crippen LogP contribution in [0.4, 0.5) is 5.69 Å². The lowest BCUT2D eigenvalue weighted by molar-refractivity contribution is 0.477. The molecule has 2 nitrogen and oxygen atoms in total. The van der Waals surface area contributed by atoms with Gasteiger partial charge >= 0.3 is 0 Å². The van der Waals surface area contributed by atoms with Crippen LogP contribution >= 0.6 is 11.6 Å². The molecule has 1 rings (SSSR count). The molecule has 1 aromatic rings. The molecule has 0 heterocycles. The third-order valence-corrected chi connectivity index (χ3v) is 3.80. The molecule has 2 N–H and O–H groups in total. The lowest BCUT2D eigenvalue weighted by atomic mass is 9.84. The Morgan fingerprint density at radius 1 is 1.27 bits per heavy atom. The number of hydrogen-bond acceptors (Lipinski definition) is 2. The van der Waals surface area contributed by atoms with Crippen molar-refractivity contribution in [3.05, 3.63) is 53.2 Å². The Kier molecular flexibility index (Phi) is 7.18. The second kappa shape index (κ2) is 8.40. The van der Waals surface area contributed by atoms with Gasteiger partial charge in [0.25, 0.3) is 0 Å². The summed E-state index contributed by atoms with van der Waals surface area (Å²) in [7, 11) is 1.99. The lowest BCUT2D eigenvalue weighted by Crippen LogP contribution is -2.21. The van der Waals surface area contributed by atoms with E-state index in [1.54, 1.807) is 0 Å². The molecule has 0 saturated heterocycles. The fraction of sp³-hybridized carbons (Fsp3) is 0.474. The van der Waals surface area contributed by atoms with Gasteiger partial charge in [0.15, 0.2) is 0 Å². The van der Waals surface area contributed by atoms with Gasteiger partial charge in [0.2, 0.25) is 0 Å². The Bertz CT molecular complexity index is 509. The normalized spacial score (nSPS) is 13.8. The maximum Gasteiger partial charge on any atom is 0.0407 e. The topological polar surface area (TPSA) is 24.1 Å². The van der Waals surface area contributed by atoms with Gasteiger partial charge in [-0.3, -0.25) is 0 Å². The van der Waals surface area contributed by atoms with Crippen LogP contribution in [-0.4, -0.2) is 13.6 Å². The molecule has 0 radical (unpaired) electrons. The molecule has 122 valence electrons. The minimum absolute atomic E-state index is 0.183. The quantitative estimate of drug-likeness (QED) is 0.650. The van der Waals surface area contributed by atoms with Crippen molar-refractivity contribution in [1.29, 1.82) is 0 Å². The number of likely N-dealkylation sites (N-methyl/N-ethyl adjacent to an activating group) is 1. The van der Waals surface area contributed by atoms with Gasteiger partial charge in [-0.1, -0.05) is 57.5 Å². The van der Waals surface area contributed by atoms with E-state index >= 15 is 0 Å². The zero-order valence-corrected chi connectivity index (χ0v) is 15.2. The van der Waals surface area contributed by atoms with E-state index in [1.165, 1.54) is 5.57 Å². The smallest absolute Gasteiger partial charge is 0.0407 e. The van der Waals surface area contributed by atoms with Crippen LogP contribution in [0.2, 0.25) is 5.02 Å². The predicted molar refractivity (Wildman–Crippen MR) is 99.5 cm³/mol. The summed E-state index contributed by atoms with van der Waals surface area (Å²) >= 11 is 5.90. The highest BCUT2D eigenvalue weighted by molar-refractivity contribution is 6.30. The molecular weight excluding hydrogens is 292 g/mol. The second-order valence-corrected chi connectivity index (χ2v) is 7.33. The second-order valence-electron chi connectivity index (χ2n) is 6.89. The zero-order chi connectivity index (χ0) is 16.8. The van der Waals surface area contributed by atoms with Crippen LogP contribution in [0.3, 0.4) is 0 Å². The first-order chi connectivity index (χ1) is 10.2. The van der Waals surface area contributed by atoms with Gasteiger partial charge in [-0.05, 0) is 49.1 Å². The van der Waals surface area contributed by atoms with Crippen molar-refractivity contribution >= 4 is 17.3 Å². The Morgan fingerprint density at radius 2 is 1.86 bits per heavy atom. The Labute approximate surface area is 140 Å². The number of rotatable bonds is 7. The summed E-state index contributed by atoms with van der Waals surface area (Å²) in [4.78, 5) is 0. The van der Waals surface area contributed by atoms with E-state index in [0.29, 0.717) is 5.92 Å². The average molecular weight is 321 g/mol. The van der Waals surface area contributed by atoms with Crippen molar-refractivity contribution in [3.8, 4) is 0 Å². The first-order valence-corrected chi connectivity index (χ1v) is 8.16. The van der Waals surface area contributed by atoms with Crippen LogP contribution in [0.25, 0.3) is 0 Å². The summed E-state index contributed by atoms with van der Waals surface area (Å²) < 4.78 is 0. The molecule has 1 aromatic carbocycles. The number of hydrogen-bond donors (Lipinski definition) is 2. The molecule has 1 atom stereocenters. The SMILES string of the molecule is C=C(CC(C)/C=C(\CNC)C(C)(C)C)Nc1ccc(Cl)cc1. The van der Waals surface area contributed by atoms with Crippen molar-refractivity contribution < 1.29 is 0 Å². The van der Waals surface area contributed by atoms with Crippen LogP contribution in [0, 0.1) is 11.3 Å². The van der Waals surface area contributed by atoms with Crippen LogP contribution in [0.5, 0.6) is 0 Å². The first-order valence-electron chi connectivity index (χ1n) is 7.78. The van der Waals surface area contributed by atoms with E-state index in [0.717, 1.165) is 29.4 Å². The van der Waals surface area contributed by atoms with Crippen molar-refractivity contribution in [2.45, 2.75) is 34.1 Å². The maximum absolute atomic E-state index is 5.90. The Hall–Kier alpha value is -1.25. The average Bonchev–Trinajstić information content (AvgIpc) is 2.39. The zero-order valence-electron chi connectivity index (χ0n) is 14.5. The van der Waals surface area contributed by atoms with E-state index in [2.05, 4.69) is 51.0 Å². The highest BCUT2D eigenvalue weighted by Gasteiger charge is 2.17. The lowest BCUT2D eigenvalue weighted by Gasteiger charge is -2.25. The largest absolute Gasteiger partial charge is 0.359 e. The minimum Gasteiger partial charge on any atom is -0.359 e. The van der Waals surface area contributed by atoms with Crippen molar-refractivity contribution in [2.24, 2.45) is 11.3 Å². The van der Waals surface area contributed by atoms with Gasteiger partial charge in [-0.25, -0.2) is 0 Å². The summed E-state index contributed by atoms with van der Waals surface area (Å²) in [5, 5.41) is 7.35. The van der Waals surface area contributed by atoms with Crippen molar-refractivity contribution in [2.75, 3.05) is 18.9 Å². The van der Waals surface area contributed by atoms with Gasteiger partial charge in [0, 0.05) is 23.0 Å². The number of halogens is 1.